The Morgan fingerprint density at radius 3 is 2.37 bits per heavy atom. The van der Waals surface area contributed by atoms with E-state index in [1.807, 2.05) is 0 Å². The van der Waals surface area contributed by atoms with Gasteiger partial charge in [0, 0.05) is 24.4 Å². The van der Waals surface area contributed by atoms with Crippen LogP contribution in [0.3, 0.4) is 0 Å². The number of benzene rings is 1. The first-order chi connectivity index (χ1) is 12.7. The fourth-order valence-corrected chi connectivity index (χ4v) is 2.17. The molecule has 0 saturated heterocycles. The summed E-state index contributed by atoms with van der Waals surface area (Å²) in [6.07, 6.45) is -2.36. The van der Waals surface area contributed by atoms with Crippen LogP contribution < -0.4 is 16.2 Å². The first-order valence-electron chi connectivity index (χ1n) is 7.77. The van der Waals surface area contributed by atoms with Crippen molar-refractivity contribution in [2.75, 3.05) is 6.54 Å². The lowest BCUT2D eigenvalue weighted by Gasteiger charge is -2.11. The SMILES string of the molecule is C=CCNC(=O)NC(=O)c1ccc(Cn2cc(C(F)(F)F)ccc2=O)cc1. The largest absolute Gasteiger partial charge is 0.417 e. The van der Waals surface area contributed by atoms with Crippen LogP contribution in [0.1, 0.15) is 21.5 Å². The zero-order chi connectivity index (χ0) is 20.0. The second-order valence-corrected chi connectivity index (χ2v) is 5.53. The van der Waals surface area contributed by atoms with Crippen LogP contribution in [-0.2, 0) is 12.7 Å². The van der Waals surface area contributed by atoms with Gasteiger partial charge in [-0.3, -0.25) is 14.9 Å². The Morgan fingerprint density at radius 2 is 1.78 bits per heavy atom. The highest BCUT2D eigenvalue weighted by Gasteiger charge is 2.31. The first kappa shape index (κ1) is 20.0. The Balaban J connectivity index is 2.10. The van der Waals surface area contributed by atoms with Gasteiger partial charge in [0.25, 0.3) is 11.5 Å². The molecule has 1 heterocycles. The number of hydrogen-bond donors (Lipinski definition) is 2. The normalized spacial score (nSPS) is 10.9. The zero-order valence-corrected chi connectivity index (χ0v) is 14.0. The third-order valence-electron chi connectivity index (χ3n) is 3.51. The van der Waals surface area contributed by atoms with Crippen molar-refractivity contribution in [1.29, 1.82) is 0 Å². The van der Waals surface area contributed by atoms with Crippen molar-refractivity contribution < 1.29 is 22.8 Å². The highest BCUT2D eigenvalue weighted by atomic mass is 19.4. The third kappa shape index (κ3) is 5.56. The molecule has 0 spiro atoms. The number of pyridine rings is 1. The molecule has 9 heteroatoms. The Kier molecular flexibility index (Phi) is 6.17. The Morgan fingerprint density at radius 1 is 1.11 bits per heavy atom. The second-order valence-electron chi connectivity index (χ2n) is 5.53. The highest BCUT2D eigenvalue weighted by molar-refractivity contribution is 6.04. The van der Waals surface area contributed by atoms with Crippen molar-refractivity contribution >= 4 is 11.9 Å². The molecule has 2 rings (SSSR count). The topological polar surface area (TPSA) is 80.2 Å². The van der Waals surface area contributed by atoms with Crippen molar-refractivity contribution in [3.63, 3.8) is 0 Å². The monoisotopic (exact) mass is 379 g/mol. The molecule has 0 unspecified atom stereocenters. The first-order valence-corrected chi connectivity index (χ1v) is 7.77. The van der Waals surface area contributed by atoms with E-state index in [1.54, 1.807) is 0 Å². The number of halogens is 3. The smallest absolute Gasteiger partial charge is 0.334 e. The van der Waals surface area contributed by atoms with Crippen LogP contribution in [0.5, 0.6) is 0 Å². The van der Waals surface area contributed by atoms with E-state index in [0.717, 1.165) is 22.9 Å². The van der Waals surface area contributed by atoms with Crippen LogP contribution in [0.4, 0.5) is 18.0 Å². The van der Waals surface area contributed by atoms with E-state index in [1.165, 1.54) is 30.3 Å². The van der Waals surface area contributed by atoms with E-state index in [4.69, 9.17) is 0 Å². The molecule has 27 heavy (non-hydrogen) atoms. The standard InChI is InChI=1S/C18H16F3N3O3/c1-2-9-22-17(27)23-16(26)13-5-3-12(4-6-13)10-24-11-14(18(19,20)21)7-8-15(24)25/h2-8,11H,1,9-10H2,(H2,22,23,26,27). The Hall–Kier alpha value is -3.36. The van der Waals surface area contributed by atoms with Crippen LogP contribution in [0, 0.1) is 0 Å². The summed E-state index contributed by atoms with van der Waals surface area (Å²) in [6.45, 7) is 3.53. The van der Waals surface area contributed by atoms with E-state index < -0.39 is 29.2 Å². The van der Waals surface area contributed by atoms with E-state index >= 15 is 0 Å². The Bertz CT molecular complexity index is 903. The van der Waals surface area contributed by atoms with E-state index in [2.05, 4.69) is 17.2 Å². The summed E-state index contributed by atoms with van der Waals surface area (Å²) >= 11 is 0. The number of amides is 3. The molecule has 0 saturated carbocycles. The van der Waals surface area contributed by atoms with Crippen LogP contribution in [0.25, 0.3) is 0 Å². The van der Waals surface area contributed by atoms with Gasteiger partial charge >= 0.3 is 12.2 Å². The van der Waals surface area contributed by atoms with Crippen molar-refractivity contribution in [2.45, 2.75) is 12.7 Å². The van der Waals surface area contributed by atoms with Crippen molar-refractivity contribution in [3.05, 3.63) is 82.3 Å². The number of hydrogen-bond acceptors (Lipinski definition) is 3. The summed E-state index contributed by atoms with van der Waals surface area (Å²) in [6, 6.07) is 6.69. The van der Waals surface area contributed by atoms with Crippen LogP contribution in [0.2, 0.25) is 0 Å². The van der Waals surface area contributed by atoms with Gasteiger partial charge in [-0.1, -0.05) is 18.2 Å². The minimum atomic E-state index is -4.55. The number of nitrogens with zero attached hydrogens (tertiary/aromatic N) is 1. The molecular formula is C18H16F3N3O3. The van der Waals surface area contributed by atoms with Crippen LogP contribution >= 0.6 is 0 Å². The molecule has 1 aromatic carbocycles. The molecule has 0 fully saturated rings. The van der Waals surface area contributed by atoms with Gasteiger partial charge in [-0.15, -0.1) is 6.58 Å². The number of carbonyl (C=O) groups is 2. The van der Waals surface area contributed by atoms with Gasteiger partial charge in [-0.25, -0.2) is 4.79 Å². The molecule has 142 valence electrons. The summed E-state index contributed by atoms with van der Waals surface area (Å²) in [5.41, 5.74) is -0.805. The second kappa shape index (κ2) is 8.35. The Labute approximate surface area is 152 Å². The number of imide groups is 1. The predicted molar refractivity (Wildman–Crippen MR) is 92.3 cm³/mol. The minimum Gasteiger partial charge on any atom is -0.334 e. The van der Waals surface area contributed by atoms with Gasteiger partial charge in [0.05, 0.1) is 12.1 Å². The molecule has 0 aliphatic heterocycles. The molecule has 0 aliphatic rings. The van der Waals surface area contributed by atoms with Crippen LogP contribution in [0.15, 0.2) is 60.0 Å². The highest BCUT2D eigenvalue weighted by Crippen LogP contribution is 2.28. The van der Waals surface area contributed by atoms with E-state index in [9.17, 15) is 27.6 Å². The lowest BCUT2D eigenvalue weighted by Crippen LogP contribution is -2.39. The lowest BCUT2D eigenvalue weighted by atomic mass is 10.1. The van der Waals surface area contributed by atoms with Gasteiger partial charge in [-0.05, 0) is 23.8 Å². The molecule has 0 radical (unpaired) electrons. The minimum absolute atomic E-state index is 0.0928. The fourth-order valence-electron chi connectivity index (χ4n) is 2.17. The maximum atomic E-state index is 12.8. The van der Waals surface area contributed by atoms with Crippen molar-refractivity contribution in [2.24, 2.45) is 0 Å². The van der Waals surface area contributed by atoms with Crippen molar-refractivity contribution in [3.8, 4) is 0 Å². The summed E-state index contributed by atoms with van der Waals surface area (Å²) in [7, 11) is 0. The number of rotatable bonds is 5. The van der Waals surface area contributed by atoms with Gasteiger partial charge in [0.2, 0.25) is 0 Å². The average Bonchev–Trinajstić information content (AvgIpc) is 2.61. The summed E-state index contributed by atoms with van der Waals surface area (Å²) in [4.78, 5) is 35.1. The van der Waals surface area contributed by atoms with Gasteiger partial charge in [-0.2, -0.15) is 13.2 Å². The summed E-state index contributed by atoms with van der Waals surface area (Å²) in [5.74, 6) is -0.639. The number of carbonyl (C=O) groups excluding carboxylic acids is 2. The van der Waals surface area contributed by atoms with Crippen LogP contribution in [-0.4, -0.2) is 23.1 Å². The molecule has 0 bridgehead atoms. The number of urea groups is 1. The average molecular weight is 379 g/mol. The number of nitrogens with one attached hydrogen (secondary N) is 2. The van der Waals surface area contributed by atoms with E-state index in [-0.39, 0.29) is 18.7 Å². The molecule has 0 atom stereocenters. The number of aromatic nitrogens is 1. The molecule has 1 aromatic heterocycles. The molecule has 6 nitrogen and oxygen atoms in total. The third-order valence-corrected chi connectivity index (χ3v) is 3.51. The number of alkyl halides is 3. The maximum absolute atomic E-state index is 12.8. The fraction of sp³-hybridized carbons (Fsp3) is 0.167. The molecular weight excluding hydrogens is 363 g/mol. The van der Waals surface area contributed by atoms with Gasteiger partial charge in [0.15, 0.2) is 0 Å². The molecule has 3 amide bonds. The van der Waals surface area contributed by atoms with Crippen molar-refractivity contribution in [1.82, 2.24) is 15.2 Å². The summed E-state index contributed by atoms with van der Waals surface area (Å²) < 4.78 is 39.2. The summed E-state index contributed by atoms with van der Waals surface area (Å²) in [5, 5.41) is 4.50. The van der Waals surface area contributed by atoms with Gasteiger partial charge < -0.3 is 9.88 Å². The molecule has 2 aromatic rings. The predicted octanol–water partition coefficient (Wildman–Crippen LogP) is 2.54. The van der Waals surface area contributed by atoms with E-state index in [0.29, 0.717) is 5.56 Å². The maximum Gasteiger partial charge on any atom is 0.417 e. The lowest BCUT2D eigenvalue weighted by molar-refractivity contribution is -0.138. The zero-order valence-electron chi connectivity index (χ0n) is 14.0. The molecule has 2 N–H and O–H groups in total. The van der Waals surface area contributed by atoms with Gasteiger partial charge in [0.1, 0.15) is 0 Å². The quantitative estimate of drug-likeness (QED) is 0.784. The molecule has 0 aliphatic carbocycles.